The Morgan fingerprint density at radius 2 is 0.878 bits per heavy atom. The first-order valence-corrected chi connectivity index (χ1v) is 33.2. The van der Waals surface area contributed by atoms with E-state index in [-0.39, 0.29) is 19.4 Å². The molecule has 1 amide bonds. The summed E-state index contributed by atoms with van der Waals surface area (Å²) in [6.45, 7) is 5.64. The van der Waals surface area contributed by atoms with Gasteiger partial charge < -0.3 is 45.1 Å². The van der Waals surface area contributed by atoms with Crippen LogP contribution in [-0.4, -0.2) is 99.6 Å². The summed E-state index contributed by atoms with van der Waals surface area (Å²) in [6.07, 6.45) is 68.3. The zero-order valence-electron chi connectivity index (χ0n) is 52.1. The van der Waals surface area contributed by atoms with Crippen LogP contribution in [0.15, 0.2) is 109 Å². The minimum Gasteiger partial charge on any atom is -0.454 e. The second-order valence-electron chi connectivity index (χ2n) is 22.5. The van der Waals surface area contributed by atoms with Gasteiger partial charge in [0.15, 0.2) is 12.4 Å². The first-order chi connectivity index (χ1) is 40.2. The molecule has 0 aromatic rings. The van der Waals surface area contributed by atoms with Crippen LogP contribution < -0.4 is 5.32 Å². The van der Waals surface area contributed by atoms with Gasteiger partial charge in [-0.3, -0.25) is 9.59 Å². The Morgan fingerprint density at radius 1 is 0.488 bits per heavy atom. The van der Waals surface area contributed by atoms with Crippen molar-refractivity contribution in [2.75, 3.05) is 13.2 Å². The normalized spacial score (nSPS) is 19.3. The highest BCUT2D eigenvalue weighted by molar-refractivity contribution is 5.80. The highest BCUT2D eigenvalue weighted by Crippen LogP contribution is 2.26. The van der Waals surface area contributed by atoms with Crippen LogP contribution >= 0.6 is 0 Å². The molecular formula is C71H121NO10. The van der Waals surface area contributed by atoms with Gasteiger partial charge in [0.05, 0.1) is 25.4 Å². The predicted octanol–water partition coefficient (Wildman–Crippen LogP) is 16.4. The summed E-state index contributed by atoms with van der Waals surface area (Å²) in [5.41, 5.74) is 0. The van der Waals surface area contributed by atoms with Gasteiger partial charge in [0.1, 0.15) is 24.4 Å². The molecular weight excluding hydrogens is 1030 g/mol. The quantitative estimate of drug-likeness (QED) is 0.0195. The summed E-state index contributed by atoms with van der Waals surface area (Å²) >= 11 is 0. The number of allylic oxidation sites excluding steroid dienone is 17. The summed E-state index contributed by atoms with van der Waals surface area (Å²) in [5, 5.41) is 57.1. The lowest BCUT2D eigenvalue weighted by molar-refractivity contribution is -0.305. The molecule has 470 valence electrons. The highest BCUT2D eigenvalue weighted by atomic mass is 16.7. The maximum atomic E-state index is 13.5. The largest absolute Gasteiger partial charge is 0.454 e. The Hall–Kier alpha value is -3.68. The molecule has 0 aromatic carbocycles. The number of unbranched alkanes of at least 4 members (excludes halogenated alkanes) is 25. The van der Waals surface area contributed by atoms with Crippen molar-refractivity contribution in [3.05, 3.63) is 109 Å². The molecule has 8 atom stereocenters. The molecule has 8 unspecified atom stereocenters. The average Bonchev–Trinajstić information content (AvgIpc) is 3.68. The van der Waals surface area contributed by atoms with Gasteiger partial charge in [-0.15, -0.1) is 0 Å². The Labute approximate surface area is 500 Å². The van der Waals surface area contributed by atoms with Gasteiger partial charge in [0.25, 0.3) is 0 Å². The van der Waals surface area contributed by atoms with Crippen LogP contribution in [0.25, 0.3) is 0 Å². The van der Waals surface area contributed by atoms with Crippen molar-refractivity contribution in [2.24, 2.45) is 0 Å². The summed E-state index contributed by atoms with van der Waals surface area (Å²) in [5.74, 6) is -1.23. The lowest BCUT2D eigenvalue weighted by Crippen LogP contribution is -2.61. The number of aliphatic hydroxyl groups excluding tert-OH is 5. The fraction of sp³-hybridized carbons (Fsp3) is 0.718. The molecule has 1 fully saturated rings. The number of hydrogen-bond acceptors (Lipinski definition) is 10. The van der Waals surface area contributed by atoms with E-state index in [4.69, 9.17) is 14.2 Å². The van der Waals surface area contributed by atoms with Crippen LogP contribution in [0.4, 0.5) is 0 Å². The van der Waals surface area contributed by atoms with Crippen molar-refractivity contribution in [3.8, 4) is 0 Å². The topological polar surface area (TPSA) is 175 Å². The molecule has 11 heteroatoms. The molecule has 1 heterocycles. The first-order valence-electron chi connectivity index (χ1n) is 33.2. The van der Waals surface area contributed by atoms with Crippen molar-refractivity contribution in [2.45, 2.75) is 314 Å². The SMILES string of the molecule is CC/C=C\C/C=C\C/C=C\C/C=C\C/C=C\C/C=C\CCCCCC(O)C(=O)NC(COC1OC(CO)C(O)C(O)C1OC(=O)CCCCCCCCCCC/C=C\C/C=C\CCCCC)C(O)/C=C/CCCCCCCCCCCC. The molecule has 0 spiro atoms. The lowest BCUT2D eigenvalue weighted by atomic mass is 9.99. The molecule has 0 bridgehead atoms. The predicted molar refractivity (Wildman–Crippen MR) is 342 cm³/mol. The first kappa shape index (κ1) is 76.3. The zero-order chi connectivity index (χ0) is 59.6. The van der Waals surface area contributed by atoms with Crippen molar-refractivity contribution in [1.82, 2.24) is 5.32 Å². The van der Waals surface area contributed by atoms with Crippen LogP contribution in [0.2, 0.25) is 0 Å². The van der Waals surface area contributed by atoms with Gasteiger partial charge in [0, 0.05) is 6.42 Å². The molecule has 1 rings (SSSR count). The number of rotatable bonds is 55. The minimum absolute atomic E-state index is 0.110. The van der Waals surface area contributed by atoms with Gasteiger partial charge in [-0.1, -0.05) is 259 Å². The van der Waals surface area contributed by atoms with E-state index >= 15 is 0 Å². The van der Waals surface area contributed by atoms with Gasteiger partial charge in [-0.05, 0) is 109 Å². The number of hydrogen-bond donors (Lipinski definition) is 6. The number of ether oxygens (including phenoxy) is 3. The van der Waals surface area contributed by atoms with E-state index in [0.29, 0.717) is 12.8 Å². The number of carbonyl (C=O) groups is 2. The Balaban J connectivity index is 2.67. The maximum absolute atomic E-state index is 13.5. The maximum Gasteiger partial charge on any atom is 0.306 e. The third-order valence-corrected chi connectivity index (χ3v) is 14.9. The minimum atomic E-state index is -1.63. The van der Waals surface area contributed by atoms with Crippen LogP contribution in [0.5, 0.6) is 0 Å². The Kier molecular flexibility index (Phi) is 53.7. The number of amides is 1. The third kappa shape index (κ3) is 44.8. The standard InChI is InChI=1S/C71H121NO10/c1-4-7-10-13-16-19-22-25-27-29-31-32-33-35-36-38-40-43-46-49-52-55-58-64(75)70(79)72-62(63(74)57-54-51-48-45-42-24-21-18-15-12-9-6-3)61-80-71-69(68(78)67(77)65(60-73)81-71)82-66(76)59-56-53-50-47-44-41-39-37-34-30-28-26-23-20-17-14-11-8-5-2/h7,10,16-17,19-20,25-28,31-32,35-36,40,43,54,57,62-65,67-69,71,73-75,77-78H,4-6,8-9,11-15,18,21-24,29-30,33-34,37-39,41-42,44-53,55-56,58-61H2,1-3H3,(H,72,79)/b10-7-,19-16-,20-17-,27-25-,28-26-,32-31-,36-35-,43-40-,57-54+. The van der Waals surface area contributed by atoms with E-state index in [1.165, 1.54) is 96.3 Å². The Bertz CT molecular complexity index is 1750. The molecule has 0 aliphatic carbocycles. The van der Waals surface area contributed by atoms with Gasteiger partial charge >= 0.3 is 5.97 Å². The van der Waals surface area contributed by atoms with Crippen molar-refractivity contribution in [1.29, 1.82) is 0 Å². The molecule has 0 aromatic heterocycles. The van der Waals surface area contributed by atoms with Gasteiger partial charge in [-0.2, -0.15) is 0 Å². The van der Waals surface area contributed by atoms with Crippen LogP contribution in [0, 0.1) is 0 Å². The van der Waals surface area contributed by atoms with E-state index < -0.39 is 67.4 Å². The zero-order valence-corrected chi connectivity index (χ0v) is 52.1. The summed E-state index contributed by atoms with van der Waals surface area (Å²) in [7, 11) is 0. The lowest BCUT2D eigenvalue weighted by Gasteiger charge is -2.41. The van der Waals surface area contributed by atoms with E-state index in [1.54, 1.807) is 6.08 Å². The van der Waals surface area contributed by atoms with Crippen LogP contribution in [0.3, 0.4) is 0 Å². The monoisotopic (exact) mass is 1150 g/mol. The van der Waals surface area contributed by atoms with Crippen molar-refractivity contribution >= 4 is 11.9 Å². The molecule has 11 nitrogen and oxygen atoms in total. The number of nitrogens with one attached hydrogen (secondary N) is 1. The summed E-state index contributed by atoms with van der Waals surface area (Å²) < 4.78 is 17.6. The third-order valence-electron chi connectivity index (χ3n) is 14.9. The van der Waals surface area contributed by atoms with E-state index in [2.05, 4.69) is 123 Å². The average molecular weight is 1150 g/mol. The number of carbonyl (C=O) groups excluding carboxylic acids is 2. The Morgan fingerprint density at radius 3 is 1.34 bits per heavy atom. The molecule has 1 saturated heterocycles. The van der Waals surface area contributed by atoms with Crippen molar-refractivity contribution < 1.29 is 49.3 Å². The molecule has 0 saturated carbocycles. The second kappa shape index (κ2) is 57.7. The second-order valence-corrected chi connectivity index (χ2v) is 22.5. The summed E-state index contributed by atoms with van der Waals surface area (Å²) in [6, 6.07) is -1.05. The van der Waals surface area contributed by atoms with Crippen LogP contribution in [-0.2, 0) is 23.8 Å². The molecule has 1 aliphatic heterocycles. The smallest absolute Gasteiger partial charge is 0.306 e. The van der Waals surface area contributed by atoms with Gasteiger partial charge in [0.2, 0.25) is 5.91 Å². The fourth-order valence-electron chi connectivity index (χ4n) is 9.68. The molecule has 82 heavy (non-hydrogen) atoms. The van der Waals surface area contributed by atoms with E-state index in [1.807, 2.05) is 6.08 Å². The van der Waals surface area contributed by atoms with E-state index in [9.17, 15) is 35.1 Å². The fourth-order valence-corrected chi connectivity index (χ4v) is 9.68. The van der Waals surface area contributed by atoms with Gasteiger partial charge in [-0.25, -0.2) is 0 Å². The highest BCUT2D eigenvalue weighted by Gasteiger charge is 2.47. The number of aliphatic hydroxyl groups is 5. The van der Waals surface area contributed by atoms with Crippen LogP contribution in [0.1, 0.15) is 265 Å². The van der Waals surface area contributed by atoms with Crippen molar-refractivity contribution in [3.63, 3.8) is 0 Å². The summed E-state index contributed by atoms with van der Waals surface area (Å²) in [4.78, 5) is 26.6. The van der Waals surface area contributed by atoms with E-state index in [0.717, 1.165) is 122 Å². The molecule has 6 N–H and O–H groups in total. The molecule has 0 radical (unpaired) electrons. The molecule has 1 aliphatic rings. The number of esters is 1.